The normalized spacial score (nSPS) is 8.70. The van der Waals surface area contributed by atoms with E-state index in [2.05, 4.69) is 6.92 Å². The smallest absolute Gasteiger partial charge is 0.303 e. The van der Waals surface area contributed by atoms with Gasteiger partial charge in [0.05, 0.1) is 0 Å². The topological polar surface area (TPSA) is 98.0 Å². The SMILES string of the molecule is CCCCCCCCCCCCCCCCCC(=O)O.CO.CO.CO.[Zr]. The maximum Gasteiger partial charge on any atom is 0.303 e. The van der Waals surface area contributed by atoms with Crippen LogP contribution in [-0.2, 0) is 31.0 Å². The second kappa shape index (κ2) is 45.2. The molecule has 0 aliphatic heterocycles. The molecule has 0 aliphatic rings. The number of carboxylic acid groups (broad SMARTS) is 1. The summed E-state index contributed by atoms with van der Waals surface area (Å²) in [6.07, 6.45) is 20.2. The van der Waals surface area contributed by atoms with Gasteiger partial charge in [0.15, 0.2) is 0 Å². The monoisotopic (exact) mass is 470 g/mol. The molecule has 0 radical (unpaired) electrons. The average molecular weight is 472 g/mol. The van der Waals surface area contributed by atoms with Gasteiger partial charge in [0.2, 0.25) is 0 Å². The van der Waals surface area contributed by atoms with E-state index in [1.54, 1.807) is 0 Å². The molecule has 0 atom stereocenters. The largest absolute Gasteiger partial charge is 0.481 e. The van der Waals surface area contributed by atoms with Crippen molar-refractivity contribution in [1.82, 2.24) is 0 Å². The van der Waals surface area contributed by atoms with Crippen molar-refractivity contribution in [2.24, 2.45) is 0 Å². The fourth-order valence-electron chi connectivity index (χ4n) is 2.65. The summed E-state index contributed by atoms with van der Waals surface area (Å²) in [5.74, 6) is -0.653. The Morgan fingerprint density at radius 3 is 0.963 bits per heavy atom. The van der Waals surface area contributed by atoms with E-state index in [1.807, 2.05) is 0 Å². The third-order valence-corrected chi connectivity index (χ3v) is 3.99. The molecular formula is C21H48O5Zr. The van der Waals surface area contributed by atoms with Crippen molar-refractivity contribution in [2.45, 2.75) is 110 Å². The summed E-state index contributed by atoms with van der Waals surface area (Å²) in [5.41, 5.74) is 0. The first kappa shape index (κ1) is 37.9. The van der Waals surface area contributed by atoms with Gasteiger partial charge in [-0.1, -0.05) is 96.8 Å². The summed E-state index contributed by atoms with van der Waals surface area (Å²) in [6.45, 7) is 2.27. The van der Waals surface area contributed by atoms with Crippen LogP contribution in [-0.4, -0.2) is 47.7 Å². The fraction of sp³-hybridized carbons (Fsp3) is 0.952. The van der Waals surface area contributed by atoms with Crippen molar-refractivity contribution in [3.05, 3.63) is 0 Å². The predicted octanol–water partition coefficient (Wildman–Crippen LogP) is 5.16. The van der Waals surface area contributed by atoms with Crippen molar-refractivity contribution in [2.75, 3.05) is 21.3 Å². The van der Waals surface area contributed by atoms with Gasteiger partial charge in [-0.25, -0.2) is 0 Å². The van der Waals surface area contributed by atoms with E-state index in [0.717, 1.165) is 34.2 Å². The maximum atomic E-state index is 10.3. The van der Waals surface area contributed by atoms with Crippen LogP contribution in [0.5, 0.6) is 0 Å². The van der Waals surface area contributed by atoms with Crippen molar-refractivity contribution >= 4 is 5.97 Å². The van der Waals surface area contributed by atoms with Gasteiger partial charge < -0.3 is 20.4 Å². The number of aliphatic hydroxyl groups excluding tert-OH is 3. The zero-order valence-electron chi connectivity index (χ0n) is 18.5. The molecule has 0 aromatic rings. The van der Waals surface area contributed by atoms with Crippen LogP contribution in [0.4, 0.5) is 0 Å². The van der Waals surface area contributed by atoms with E-state index in [4.69, 9.17) is 20.4 Å². The fourth-order valence-corrected chi connectivity index (χ4v) is 2.65. The molecule has 0 rings (SSSR count). The zero-order valence-corrected chi connectivity index (χ0v) is 21.0. The molecule has 5 nitrogen and oxygen atoms in total. The summed E-state index contributed by atoms with van der Waals surface area (Å²) in [7, 11) is 3.00. The average Bonchev–Trinajstić information content (AvgIpc) is 2.69. The number of hydrogen-bond acceptors (Lipinski definition) is 4. The van der Waals surface area contributed by atoms with Gasteiger partial charge in [0.25, 0.3) is 0 Å². The number of carbonyl (C=O) groups is 1. The van der Waals surface area contributed by atoms with E-state index >= 15 is 0 Å². The maximum absolute atomic E-state index is 10.3. The molecule has 166 valence electrons. The van der Waals surface area contributed by atoms with E-state index in [-0.39, 0.29) is 26.2 Å². The zero-order chi connectivity index (χ0) is 20.9. The van der Waals surface area contributed by atoms with Crippen molar-refractivity contribution in [1.29, 1.82) is 0 Å². The van der Waals surface area contributed by atoms with E-state index < -0.39 is 5.97 Å². The molecule has 0 bridgehead atoms. The third kappa shape index (κ3) is 51.9. The Kier molecular flexibility index (Phi) is 63.4. The van der Waals surface area contributed by atoms with Gasteiger partial charge >= 0.3 is 5.97 Å². The number of aliphatic carboxylic acids is 1. The second-order valence-electron chi connectivity index (χ2n) is 6.09. The predicted molar refractivity (Wildman–Crippen MR) is 112 cm³/mol. The first-order valence-corrected chi connectivity index (χ1v) is 10.3. The van der Waals surface area contributed by atoms with Crippen LogP contribution < -0.4 is 0 Å². The molecule has 0 saturated heterocycles. The molecule has 4 N–H and O–H groups in total. The summed E-state index contributed by atoms with van der Waals surface area (Å²) in [4.78, 5) is 10.3. The van der Waals surface area contributed by atoms with Gasteiger partial charge in [0, 0.05) is 54.0 Å². The van der Waals surface area contributed by atoms with Crippen LogP contribution in [0, 0.1) is 0 Å². The van der Waals surface area contributed by atoms with Crippen LogP contribution in [0.3, 0.4) is 0 Å². The molecule has 0 amide bonds. The van der Waals surface area contributed by atoms with E-state index in [1.165, 1.54) is 83.5 Å². The van der Waals surface area contributed by atoms with Crippen molar-refractivity contribution in [3.63, 3.8) is 0 Å². The van der Waals surface area contributed by atoms with Crippen LogP contribution in [0.25, 0.3) is 0 Å². The molecular weight excluding hydrogens is 423 g/mol. The first-order valence-electron chi connectivity index (χ1n) is 10.3. The Bertz CT molecular complexity index is 217. The van der Waals surface area contributed by atoms with Crippen molar-refractivity contribution < 1.29 is 51.4 Å². The molecule has 0 aromatic heterocycles. The molecule has 0 heterocycles. The van der Waals surface area contributed by atoms with Crippen LogP contribution in [0.2, 0.25) is 0 Å². The van der Waals surface area contributed by atoms with Gasteiger partial charge in [-0.3, -0.25) is 4.79 Å². The Balaban J connectivity index is -0.000000208. The molecule has 0 aliphatic carbocycles. The van der Waals surface area contributed by atoms with Crippen LogP contribution in [0.15, 0.2) is 0 Å². The van der Waals surface area contributed by atoms with Crippen LogP contribution >= 0.6 is 0 Å². The summed E-state index contributed by atoms with van der Waals surface area (Å²) < 4.78 is 0. The Morgan fingerprint density at radius 2 is 0.741 bits per heavy atom. The molecule has 0 spiro atoms. The second-order valence-corrected chi connectivity index (χ2v) is 6.09. The first-order chi connectivity index (χ1) is 12.8. The summed E-state index contributed by atoms with van der Waals surface area (Å²) in [5, 5.41) is 29.5. The molecule has 0 saturated carbocycles. The van der Waals surface area contributed by atoms with E-state index in [9.17, 15) is 4.79 Å². The summed E-state index contributed by atoms with van der Waals surface area (Å²) in [6, 6.07) is 0. The van der Waals surface area contributed by atoms with Gasteiger partial charge in [0.1, 0.15) is 0 Å². The third-order valence-electron chi connectivity index (χ3n) is 3.99. The number of unbranched alkanes of at least 4 members (excludes halogenated alkanes) is 14. The number of aliphatic hydroxyl groups is 3. The molecule has 0 fully saturated rings. The minimum absolute atomic E-state index is 0. The standard InChI is InChI=1S/C18H36O2.3CH4O.Zr/c1-2-3-4-5-6-7-8-9-10-11-12-13-14-15-16-17-18(19)20;3*1-2;/h2-17H2,1H3,(H,19,20);3*2H,1H3;. The Morgan fingerprint density at radius 1 is 0.519 bits per heavy atom. The van der Waals surface area contributed by atoms with Crippen molar-refractivity contribution in [3.8, 4) is 0 Å². The van der Waals surface area contributed by atoms with Gasteiger partial charge in [-0.15, -0.1) is 0 Å². The van der Waals surface area contributed by atoms with E-state index in [0.29, 0.717) is 6.42 Å². The molecule has 0 unspecified atom stereocenters. The minimum Gasteiger partial charge on any atom is -0.481 e. The number of rotatable bonds is 16. The Hall–Kier alpha value is 0.233. The van der Waals surface area contributed by atoms with Gasteiger partial charge in [-0.05, 0) is 6.42 Å². The Labute approximate surface area is 188 Å². The quantitative estimate of drug-likeness (QED) is 0.233. The number of hydrogen-bond donors (Lipinski definition) is 4. The number of carboxylic acids is 1. The molecule has 27 heavy (non-hydrogen) atoms. The molecule has 6 heteroatoms. The minimum atomic E-state index is -0.653. The molecule has 0 aromatic carbocycles. The van der Waals surface area contributed by atoms with Crippen LogP contribution in [0.1, 0.15) is 110 Å². The summed E-state index contributed by atoms with van der Waals surface area (Å²) >= 11 is 0. The van der Waals surface area contributed by atoms with Gasteiger partial charge in [-0.2, -0.15) is 0 Å².